The highest BCUT2D eigenvalue weighted by molar-refractivity contribution is 8.26. The zero-order valence-corrected chi connectivity index (χ0v) is 21.3. The van der Waals surface area contributed by atoms with Crippen LogP contribution in [0.3, 0.4) is 0 Å². The molecule has 2 aliphatic rings. The van der Waals surface area contributed by atoms with Crippen LogP contribution >= 0.6 is 24.0 Å². The molecular weight excluding hydrogens is 480 g/mol. The largest absolute Gasteiger partial charge is 0.376 e. The monoisotopic (exact) mass is 506 g/mol. The second-order valence-electron chi connectivity index (χ2n) is 8.81. The third-order valence-corrected chi connectivity index (χ3v) is 7.63. The second kappa shape index (κ2) is 9.93. The van der Waals surface area contributed by atoms with E-state index >= 15 is 0 Å². The Morgan fingerprint density at radius 3 is 2.77 bits per heavy atom. The van der Waals surface area contributed by atoms with E-state index in [-0.39, 0.29) is 17.6 Å². The van der Waals surface area contributed by atoms with Gasteiger partial charge in [0.05, 0.1) is 23.1 Å². The van der Waals surface area contributed by atoms with Gasteiger partial charge in [-0.15, -0.1) is 0 Å². The molecule has 2 fully saturated rings. The summed E-state index contributed by atoms with van der Waals surface area (Å²) in [5, 5.41) is 0. The average Bonchev–Trinajstić information content (AvgIpc) is 3.46. The van der Waals surface area contributed by atoms with E-state index in [2.05, 4.69) is 0 Å². The van der Waals surface area contributed by atoms with Crippen LogP contribution in [0.15, 0.2) is 58.4 Å². The second-order valence-corrected chi connectivity index (χ2v) is 10.5. The molecule has 0 aliphatic carbocycles. The first-order valence-electron chi connectivity index (χ1n) is 11.6. The van der Waals surface area contributed by atoms with Gasteiger partial charge in [0.1, 0.15) is 15.8 Å². The van der Waals surface area contributed by atoms with E-state index in [0.717, 1.165) is 24.0 Å². The van der Waals surface area contributed by atoms with E-state index in [1.807, 2.05) is 61.3 Å². The molecule has 1 atom stereocenters. The van der Waals surface area contributed by atoms with Crippen LogP contribution in [0.25, 0.3) is 11.7 Å². The molecule has 7 nitrogen and oxygen atoms in total. The fourth-order valence-electron chi connectivity index (χ4n) is 4.43. The number of amides is 1. The molecule has 0 bridgehead atoms. The van der Waals surface area contributed by atoms with Gasteiger partial charge < -0.3 is 9.64 Å². The maximum absolute atomic E-state index is 13.7. The minimum Gasteiger partial charge on any atom is -0.376 e. The Kier molecular flexibility index (Phi) is 6.73. The Morgan fingerprint density at radius 1 is 1.23 bits per heavy atom. The first-order valence-corrected chi connectivity index (χ1v) is 12.8. The molecule has 0 N–H and O–H groups in total. The standard InChI is InChI=1S/C26H26N4O3S2/c1-17-8-6-12-29-22(17)27-23(28(2)15-18-9-4-3-5-10-18)20(24(29)31)14-21-25(32)30(26(34)35-21)16-19-11-7-13-33-19/h3-6,8-10,12,14,19H,7,11,13,15-16H2,1-2H3/b21-14-/t19-/m0/s1. The third kappa shape index (κ3) is 4.76. The molecule has 0 unspecified atom stereocenters. The van der Waals surface area contributed by atoms with Gasteiger partial charge in [0.25, 0.3) is 11.5 Å². The number of rotatable bonds is 6. The van der Waals surface area contributed by atoms with Crippen molar-refractivity contribution in [3.63, 3.8) is 0 Å². The Bertz CT molecular complexity index is 1380. The summed E-state index contributed by atoms with van der Waals surface area (Å²) < 4.78 is 7.72. The van der Waals surface area contributed by atoms with Crippen LogP contribution in [0.5, 0.6) is 0 Å². The van der Waals surface area contributed by atoms with Crippen LogP contribution in [0, 0.1) is 6.92 Å². The van der Waals surface area contributed by atoms with Gasteiger partial charge in [-0.1, -0.05) is 60.4 Å². The van der Waals surface area contributed by atoms with Crippen molar-refractivity contribution in [1.29, 1.82) is 0 Å². The molecule has 2 aliphatic heterocycles. The van der Waals surface area contributed by atoms with Gasteiger partial charge in [-0.25, -0.2) is 4.98 Å². The van der Waals surface area contributed by atoms with E-state index in [0.29, 0.717) is 46.0 Å². The number of aromatic nitrogens is 2. The highest BCUT2D eigenvalue weighted by atomic mass is 32.2. The van der Waals surface area contributed by atoms with Gasteiger partial charge in [0.2, 0.25) is 0 Å². The zero-order valence-electron chi connectivity index (χ0n) is 19.6. The van der Waals surface area contributed by atoms with Crippen molar-refractivity contribution < 1.29 is 9.53 Å². The maximum atomic E-state index is 13.7. The number of anilines is 1. The van der Waals surface area contributed by atoms with Gasteiger partial charge in [-0.05, 0) is 43.0 Å². The molecule has 0 saturated carbocycles. The van der Waals surface area contributed by atoms with Gasteiger partial charge >= 0.3 is 0 Å². The lowest BCUT2D eigenvalue weighted by atomic mass is 10.2. The van der Waals surface area contributed by atoms with Crippen molar-refractivity contribution >= 4 is 51.7 Å². The van der Waals surface area contributed by atoms with Gasteiger partial charge in [-0.2, -0.15) is 0 Å². The molecule has 180 valence electrons. The van der Waals surface area contributed by atoms with Crippen molar-refractivity contribution in [2.75, 3.05) is 25.1 Å². The molecule has 35 heavy (non-hydrogen) atoms. The van der Waals surface area contributed by atoms with Crippen molar-refractivity contribution in [1.82, 2.24) is 14.3 Å². The summed E-state index contributed by atoms with van der Waals surface area (Å²) in [4.78, 5) is 35.8. The third-order valence-electron chi connectivity index (χ3n) is 6.25. The van der Waals surface area contributed by atoms with Crippen LogP contribution in [0.2, 0.25) is 0 Å². The molecule has 2 aromatic heterocycles. The minimum absolute atomic E-state index is 0.000326. The molecule has 0 radical (unpaired) electrons. The predicted octanol–water partition coefficient (Wildman–Crippen LogP) is 4.02. The summed E-state index contributed by atoms with van der Waals surface area (Å²) in [6.07, 6.45) is 5.26. The molecule has 3 aromatic rings. The fraction of sp³-hybridized carbons (Fsp3) is 0.308. The molecule has 0 spiro atoms. The van der Waals surface area contributed by atoms with Crippen molar-refractivity contribution in [3.8, 4) is 0 Å². The first-order chi connectivity index (χ1) is 16.9. The number of nitrogens with zero attached hydrogens (tertiary/aromatic N) is 4. The summed E-state index contributed by atoms with van der Waals surface area (Å²) in [7, 11) is 1.91. The van der Waals surface area contributed by atoms with E-state index in [1.54, 1.807) is 17.2 Å². The Hall–Kier alpha value is -3.01. The summed E-state index contributed by atoms with van der Waals surface area (Å²) in [5.74, 6) is 0.332. The molecule has 4 heterocycles. The minimum atomic E-state index is -0.224. The number of thiocarbonyl (C=S) groups is 1. The molecule has 9 heteroatoms. The number of carbonyl (C=O) groups excluding carboxylic acids is 1. The molecule has 1 amide bonds. The average molecular weight is 507 g/mol. The summed E-state index contributed by atoms with van der Waals surface area (Å²) in [6, 6.07) is 13.8. The Morgan fingerprint density at radius 2 is 2.03 bits per heavy atom. The Labute approximate surface area is 213 Å². The lowest BCUT2D eigenvalue weighted by Gasteiger charge is -2.21. The van der Waals surface area contributed by atoms with Gasteiger partial charge in [0.15, 0.2) is 0 Å². The summed E-state index contributed by atoms with van der Waals surface area (Å²) >= 11 is 6.73. The number of hydrogen-bond acceptors (Lipinski definition) is 7. The van der Waals surface area contributed by atoms with Crippen LogP contribution in [0.1, 0.15) is 29.5 Å². The number of benzene rings is 1. The van der Waals surface area contributed by atoms with Crippen LogP contribution in [-0.4, -0.2) is 50.8 Å². The number of hydrogen-bond donors (Lipinski definition) is 0. The van der Waals surface area contributed by atoms with Crippen molar-refractivity contribution in [2.24, 2.45) is 0 Å². The molecule has 5 rings (SSSR count). The highest BCUT2D eigenvalue weighted by Crippen LogP contribution is 2.34. The number of pyridine rings is 1. The topological polar surface area (TPSA) is 67.2 Å². The maximum Gasteiger partial charge on any atom is 0.267 e. The number of fused-ring (bicyclic) bond motifs is 1. The number of aryl methyl sites for hydroxylation is 1. The van der Waals surface area contributed by atoms with E-state index in [9.17, 15) is 9.59 Å². The SMILES string of the molecule is Cc1cccn2c(=O)c(/C=C3\SC(=S)N(C[C@@H]4CCCO4)C3=O)c(N(C)Cc3ccccc3)nc12. The van der Waals surface area contributed by atoms with E-state index in [4.69, 9.17) is 21.9 Å². The van der Waals surface area contributed by atoms with Gasteiger partial charge in [-0.3, -0.25) is 18.9 Å². The zero-order chi connectivity index (χ0) is 24.5. The molecule has 2 saturated heterocycles. The lowest BCUT2D eigenvalue weighted by Crippen LogP contribution is -2.35. The van der Waals surface area contributed by atoms with E-state index < -0.39 is 0 Å². The van der Waals surface area contributed by atoms with Crippen molar-refractivity contribution in [3.05, 3.63) is 80.6 Å². The van der Waals surface area contributed by atoms with Crippen LogP contribution in [0.4, 0.5) is 5.82 Å². The quantitative estimate of drug-likeness (QED) is 0.370. The molecular formula is C26H26N4O3S2. The normalized spacial score (nSPS) is 19.3. The first kappa shape index (κ1) is 23.7. The summed E-state index contributed by atoms with van der Waals surface area (Å²) in [5.41, 5.74) is 2.72. The summed E-state index contributed by atoms with van der Waals surface area (Å²) in [6.45, 7) is 3.65. The smallest absolute Gasteiger partial charge is 0.267 e. The lowest BCUT2D eigenvalue weighted by molar-refractivity contribution is -0.123. The van der Waals surface area contributed by atoms with Gasteiger partial charge in [0, 0.05) is 26.4 Å². The number of ether oxygens (including phenoxy) is 1. The Balaban J connectivity index is 1.57. The molecule has 1 aromatic carbocycles. The van der Waals surface area contributed by atoms with E-state index in [1.165, 1.54) is 16.2 Å². The van der Waals surface area contributed by atoms with Crippen LogP contribution < -0.4 is 10.5 Å². The number of thioether (sulfide) groups is 1. The predicted molar refractivity (Wildman–Crippen MR) is 144 cm³/mol. The fourth-order valence-corrected chi connectivity index (χ4v) is 5.69. The number of carbonyl (C=O) groups is 1. The van der Waals surface area contributed by atoms with Crippen molar-refractivity contribution in [2.45, 2.75) is 32.4 Å². The van der Waals surface area contributed by atoms with Crippen LogP contribution in [-0.2, 0) is 16.1 Å². The highest BCUT2D eigenvalue weighted by Gasteiger charge is 2.35.